The molecule has 0 bridgehead atoms. The molecule has 0 unspecified atom stereocenters. The molecular weight excluding hydrogens is 404 g/mol. The van der Waals surface area contributed by atoms with Gasteiger partial charge >= 0.3 is 0 Å². The highest BCUT2D eigenvalue weighted by atomic mass is 32.2. The molecule has 2 aromatic carbocycles. The van der Waals surface area contributed by atoms with Gasteiger partial charge in [0.2, 0.25) is 15.9 Å². The van der Waals surface area contributed by atoms with Crippen LogP contribution in [0, 0.1) is 6.92 Å². The number of sulfonamides is 1. The average molecular weight is 429 g/mol. The molecule has 0 fully saturated rings. The lowest BCUT2D eigenvalue weighted by atomic mass is 10.2. The summed E-state index contributed by atoms with van der Waals surface area (Å²) in [6.45, 7) is 3.78. The number of para-hydroxylation sites is 1. The topological polar surface area (TPSA) is 88.9 Å². The molecule has 0 aliphatic rings. The van der Waals surface area contributed by atoms with Gasteiger partial charge in [-0.05, 0) is 61.9 Å². The van der Waals surface area contributed by atoms with Crippen LogP contribution in [0.5, 0.6) is 5.75 Å². The number of hydrogen-bond acceptors (Lipinski definition) is 5. The molecule has 1 heterocycles. The Hall–Kier alpha value is -3.10. The number of furan rings is 1. The van der Waals surface area contributed by atoms with Gasteiger partial charge in [-0.1, -0.05) is 18.2 Å². The SMILES string of the molecule is CCOc1ccc(S(=O)(=O)N(CC(=O)Nc2ccccc2C)Cc2ccco2)cc1. The van der Waals surface area contributed by atoms with Crippen molar-refractivity contribution in [1.82, 2.24) is 4.31 Å². The van der Waals surface area contributed by atoms with Gasteiger partial charge in [-0.2, -0.15) is 4.31 Å². The van der Waals surface area contributed by atoms with Crippen molar-refractivity contribution in [2.75, 3.05) is 18.5 Å². The number of aryl methyl sites for hydroxylation is 1. The number of anilines is 1. The van der Waals surface area contributed by atoms with Crippen LogP contribution in [-0.4, -0.2) is 31.8 Å². The number of carbonyl (C=O) groups excluding carboxylic acids is 1. The molecule has 0 aliphatic heterocycles. The number of rotatable bonds is 9. The normalized spacial score (nSPS) is 11.4. The molecule has 8 heteroatoms. The first-order valence-electron chi connectivity index (χ1n) is 9.51. The van der Waals surface area contributed by atoms with E-state index in [9.17, 15) is 13.2 Å². The van der Waals surface area contributed by atoms with E-state index in [1.54, 1.807) is 36.4 Å². The summed E-state index contributed by atoms with van der Waals surface area (Å²) in [5, 5.41) is 2.77. The molecule has 0 saturated carbocycles. The van der Waals surface area contributed by atoms with E-state index in [0.29, 0.717) is 23.8 Å². The van der Waals surface area contributed by atoms with Crippen molar-refractivity contribution in [3.63, 3.8) is 0 Å². The zero-order chi connectivity index (χ0) is 21.6. The zero-order valence-electron chi connectivity index (χ0n) is 16.9. The minimum absolute atomic E-state index is 0.0657. The zero-order valence-corrected chi connectivity index (χ0v) is 17.7. The minimum Gasteiger partial charge on any atom is -0.494 e. The predicted octanol–water partition coefficient (Wildman–Crippen LogP) is 3.82. The molecule has 158 valence electrons. The summed E-state index contributed by atoms with van der Waals surface area (Å²) in [5.41, 5.74) is 1.52. The van der Waals surface area contributed by atoms with E-state index >= 15 is 0 Å². The predicted molar refractivity (Wildman–Crippen MR) is 114 cm³/mol. The third-order valence-electron chi connectivity index (χ3n) is 4.42. The molecule has 1 amide bonds. The summed E-state index contributed by atoms with van der Waals surface area (Å²) in [6, 6.07) is 16.8. The maximum atomic E-state index is 13.2. The van der Waals surface area contributed by atoms with E-state index in [1.807, 2.05) is 26.0 Å². The number of nitrogens with zero attached hydrogens (tertiary/aromatic N) is 1. The van der Waals surface area contributed by atoms with Crippen LogP contribution in [0.15, 0.2) is 76.2 Å². The second-order valence-electron chi connectivity index (χ2n) is 6.62. The van der Waals surface area contributed by atoms with Gasteiger partial charge in [0.1, 0.15) is 11.5 Å². The van der Waals surface area contributed by atoms with Gasteiger partial charge in [0, 0.05) is 5.69 Å². The van der Waals surface area contributed by atoms with Crippen molar-refractivity contribution in [3.8, 4) is 5.75 Å². The number of hydrogen-bond donors (Lipinski definition) is 1. The fourth-order valence-corrected chi connectivity index (χ4v) is 4.25. The fourth-order valence-electron chi connectivity index (χ4n) is 2.89. The smallest absolute Gasteiger partial charge is 0.243 e. The van der Waals surface area contributed by atoms with Gasteiger partial charge in [-0.3, -0.25) is 4.79 Å². The number of nitrogens with one attached hydrogen (secondary N) is 1. The lowest BCUT2D eigenvalue weighted by Gasteiger charge is -2.21. The third-order valence-corrected chi connectivity index (χ3v) is 6.23. The van der Waals surface area contributed by atoms with E-state index in [2.05, 4.69) is 5.32 Å². The standard InChI is InChI=1S/C22H24N2O5S/c1-3-28-18-10-12-20(13-11-18)30(26,27)24(15-19-8-6-14-29-19)16-22(25)23-21-9-5-4-7-17(21)2/h4-14H,3,15-16H2,1-2H3,(H,23,25). The maximum Gasteiger partial charge on any atom is 0.243 e. The third kappa shape index (κ3) is 5.28. The molecule has 1 aromatic heterocycles. The van der Waals surface area contributed by atoms with Crippen LogP contribution in [-0.2, 0) is 21.4 Å². The minimum atomic E-state index is -3.95. The van der Waals surface area contributed by atoms with Crippen LogP contribution in [0.3, 0.4) is 0 Å². The first-order valence-corrected chi connectivity index (χ1v) is 10.9. The summed E-state index contributed by atoms with van der Waals surface area (Å²) < 4.78 is 38.3. The van der Waals surface area contributed by atoms with E-state index in [4.69, 9.17) is 9.15 Å². The summed E-state index contributed by atoms with van der Waals surface area (Å²) in [6.07, 6.45) is 1.46. The summed E-state index contributed by atoms with van der Waals surface area (Å²) in [5.74, 6) is 0.574. The first-order chi connectivity index (χ1) is 14.4. The summed E-state index contributed by atoms with van der Waals surface area (Å²) >= 11 is 0. The molecule has 3 rings (SSSR count). The Bertz CT molecular complexity index is 1080. The van der Waals surface area contributed by atoms with Crippen molar-refractivity contribution < 1.29 is 22.4 Å². The molecule has 30 heavy (non-hydrogen) atoms. The number of carbonyl (C=O) groups is 1. The second-order valence-corrected chi connectivity index (χ2v) is 8.56. The summed E-state index contributed by atoms with van der Waals surface area (Å²) in [7, 11) is -3.95. The maximum absolute atomic E-state index is 13.2. The molecule has 0 aliphatic carbocycles. The van der Waals surface area contributed by atoms with Crippen LogP contribution in [0.2, 0.25) is 0 Å². The van der Waals surface area contributed by atoms with Crippen LogP contribution in [0.4, 0.5) is 5.69 Å². The molecule has 0 radical (unpaired) electrons. The van der Waals surface area contributed by atoms with Gasteiger partial charge in [-0.25, -0.2) is 8.42 Å². The van der Waals surface area contributed by atoms with Crippen LogP contribution >= 0.6 is 0 Å². The lowest BCUT2D eigenvalue weighted by molar-refractivity contribution is -0.116. The number of benzene rings is 2. The Balaban J connectivity index is 1.84. The highest BCUT2D eigenvalue weighted by Gasteiger charge is 2.28. The number of ether oxygens (including phenoxy) is 1. The van der Waals surface area contributed by atoms with E-state index in [-0.39, 0.29) is 18.0 Å². The molecular formula is C22H24N2O5S. The van der Waals surface area contributed by atoms with E-state index in [1.165, 1.54) is 18.4 Å². The highest BCUT2D eigenvalue weighted by Crippen LogP contribution is 2.22. The van der Waals surface area contributed by atoms with Gasteiger partial charge in [-0.15, -0.1) is 0 Å². The number of amides is 1. The van der Waals surface area contributed by atoms with Crippen molar-refractivity contribution in [3.05, 3.63) is 78.3 Å². The Kier molecular flexibility index (Phi) is 6.91. The fraction of sp³-hybridized carbons (Fsp3) is 0.227. The molecule has 0 spiro atoms. The average Bonchev–Trinajstić information content (AvgIpc) is 3.23. The van der Waals surface area contributed by atoms with Crippen LogP contribution in [0.1, 0.15) is 18.2 Å². The first kappa shape index (κ1) is 21.6. The Morgan fingerprint density at radius 1 is 1.07 bits per heavy atom. The Labute approximate surface area is 176 Å². The molecule has 0 atom stereocenters. The lowest BCUT2D eigenvalue weighted by Crippen LogP contribution is -2.37. The van der Waals surface area contributed by atoms with Crippen molar-refractivity contribution in [2.45, 2.75) is 25.3 Å². The van der Waals surface area contributed by atoms with Crippen molar-refractivity contribution in [1.29, 1.82) is 0 Å². The molecule has 1 N–H and O–H groups in total. The Morgan fingerprint density at radius 2 is 1.80 bits per heavy atom. The van der Waals surface area contributed by atoms with E-state index < -0.39 is 15.9 Å². The molecule has 7 nitrogen and oxygen atoms in total. The largest absolute Gasteiger partial charge is 0.494 e. The molecule has 3 aromatic rings. The highest BCUT2D eigenvalue weighted by molar-refractivity contribution is 7.89. The van der Waals surface area contributed by atoms with Gasteiger partial charge in [0.25, 0.3) is 0 Å². The quantitative estimate of drug-likeness (QED) is 0.560. The van der Waals surface area contributed by atoms with Crippen molar-refractivity contribution in [2.24, 2.45) is 0 Å². The van der Waals surface area contributed by atoms with E-state index in [0.717, 1.165) is 9.87 Å². The molecule has 0 saturated heterocycles. The second kappa shape index (κ2) is 9.60. The van der Waals surface area contributed by atoms with Gasteiger partial charge in [0.15, 0.2) is 0 Å². The Morgan fingerprint density at radius 3 is 2.43 bits per heavy atom. The monoisotopic (exact) mass is 428 g/mol. The van der Waals surface area contributed by atoms with Gasteiger partial charge < -0.3 is 14.5 Å². The van der Waals surface area contributed by atoms with Gasteiger partial charge in [0.05, 0.1) is 30.9 Å². The van der Waals surface area contributed by atoms with Crippen LogP contribution < -0.4 is 10.1 Å². The van der Waals surface area contributed by atoms with Crippen molar-refractivity contribution >= 4 is 21.6 Å². The van der Waals surface area contributed by atoms with Crippen LogP contribution in [0.25, 0.3) is 0 Å². The summed E-state index contributed by atoms with van der Waals surface area (Å²) in [4.78, 5) is 12.7.